The van der Waals surface area contributed by atoms with Gasteiger partial charge in [-0.05, 0) is 58.7 Å². The van der Waals surface area contributed by atoms with Crippen molar-refractivity contribution < 1.29 is 19.7 Å². The van der Waals surface area contributed by atoms with Crippen molar-refractivity contribution >= 4 is 32.8 Å². The summed E-state index contributed by atoms with van der Waals surface area (Å²) in [6, 6.07) is 5.04. The number of carboxylic acid groups (broad SMARTS) is 1. The second-order valence-electron chi connectivity index (χ2n) is 8.34. The van der Waals surface area contributed by atoms with E-state index in [4.69, 9.17) is 4.74 Å². The Morgan fingerprint density at radius 2 is 2.07 bits per heavy atom. The van der Waals surface area contributed by atoms with Crippen LogP contribution in [-0.2, 0) is 4.74 Å². The van der Waals surface area contributed by atoms with Gasteiger partial charge in [0.1, 0.15) is 5.75 Å². The minimum absolute atomic E-state index is 0.132. The molecule has 0 saturated carbocycles. The molecule has 1 aliphatic heterocycles. The fourth-order valence-corrected chi connectivity index (χ4v) is 4.79. The summed E-state index contributed by atoms with van der Waals surface area (Å²) in [6.45, 7) is 9.69. The van der Waals surface area contributed by atoms with Crippen LogP contribution in [0.3, 0.4) is 0 Å². The first-order valence-electron chi connectivity index (χ1n) is 9.63. The van der Waals surface area contributed by atoms with E-state index < -0.39 is 11.6 Å². The third-order valence-corrected chi connectivity index (χ3v) is 6.09. The summed E-state index contributed by atoms with van der Waals surface area (Å²) in [5.41, 5.74) is 0.445. The molecule has 1 saturated heterocycles. The molecule has 2 heterocycles. The normalized spacial score (nSPS) is 17.1. The van der Waals surface area contributed by atoms with Gasteiger partial charge < -0.3 is 19.8 Å². The molecule has 2 N–H and O–H groups in total. The average molecular weight is 408 g/mol. The Labute approximate surface area is 169 Å². The SMILES string of the molecule is C[C@@H](COC1CCN(c2nc3ccc(O)cc3s2)CC1)N(C(=O)O)C(C)(C)C. The van der Waals surface area contributed by atoms with Crippen LogP contribution < -0.4 is 4.90 Å². The van der Waals surface area contributed by atoms with Crippen LogP contribution in [0.4, 0.5) is 9.93 Å². The highest BCUT2D eigenvalue weighted by molar-refractivity contribution is 7.22. The molecule has 0 aliphatic carbocycles. The number of phenols is 1. The second kappa shape index (κ2) is 8.13. The molecule has 28 heavy (non-hydrogen) atoms. The predicted octanol–water partition coefficient (Wildman–Crippen LogP) is 4.15. The summed E-state index contributed by atoms with van der Waals surface area (Å²) in [6.07, 6.45) is 0.987. The van der Waals surface area contributed by atoms with Gasteiger partial charge in [-0.2, -0.15) is 0 Å². The van der Waals surface area contributed by atoms with Crippen molar-refractivity contribution in [2.45, 2.75) is 58.2 Å². The monoisotopic (exact) mass is 407 g/mol. The molecule has 1 aromatic heterocycles. The van der Waals surface area contributed by atoms with Gasteiger partial charge in [-0.15, -0.1) is 0 Å². The number of fused-ring (bicyclic) bond motifs is 1. The molecule has 1 aliphatic rings. The van der Waals surface area contributed by atoms with Crippen molar-refractivity contribution in [1.82, 2.24) is 9.88 Å². The predicted molar refractivity (Wildman–Crippen MR) is 112 cm³/mol. The Kier molecular flexibility index (Phi) is 6.00. The maximum absolute atomic E-state index is 11.6. The zero-order chi connectivity index (χ0) is 20.5. The van der Waals surface area contributed by atoms with Crippen LogP contribution in [0.25, 0.3) is 10.2 Å². The lowest BCUT2D eigenvalue weighted by Crippen LogP contribution is -2.52. The molecule has 1 atom stereocenters. The van der Waals surface area contributed by atoms with Gasteiger partial charge in [0.25, 0.3) is 0 Å². The summed E-state index contributed by atoms with van der Waals surface area (Å²) >= 11 is 1.59. The maximum atomic E-state index is 11.6. The number of amides is 1. The van der Waals surface area contributed by atoms with Gasteiger partial charge in [-0.25, -0.2) is 9.78 Å². The number of benzene rings is 1. The van der Waals surface area contributed by atoms with Crippen LogP contribution >= 0.6 is 11.3 Å². The Balaban J connectivity index is 1.53. The molecule has 7 nitrogen and oxygen atoms in total. The lowest BCUT2D eigenvalue weighted by molar-refractivity contribution is -0.0140. The zero-order valence-corrected chi connectivity index (χ0v) is 17.7. The molecule has 3 rings (SSSR count). The summed E-state index contributed by atoms with van der Waals surface area (Å²) < 4.78 is 7.03. The first-order valence-corrected chi connectivity index (χ1v) is 10.4. The number of carbonyl (C=O) groups is 1. The molecular formula is C20H29N3O4S. The van der Waals surface area contributed by atoms with Gasteiger partial charge >= 0.3 is 6.09 Å². The van der Waals surface area contributed by atoms with Gasteiger partial charge in [-0.3, -0.25) is 4.90 Å². The number of hydrogen-bond donors (Lipinski definition) is 2. The number of phenolic OH excluding ortho intramolecular Hbond substituents is 1. The fraction of sp³-hybridized carbons (Fsp3) is 0.600. The van der Waals surface area contributed by atoms with Crippen LogP contribution in [0, 0.1) is 0 Å². The maximum Gasteiger partial charge on any atom is 0.408 e. The second-order valence-corrected chi connectivity index (χ2v) is 9.35. The molecule has 8 heteroatoms. The van der Waals surface area contributed by atoms with E-state index in [-0.39, 0.29) is 17.9 Å². The molecule has 154 valence electrons. The van der Waals surface area contributed by atoms with Crippen molar-refractivity contribution in [1.29, 1.82) is 0 Å². The largest absolute Gasteiger partial charge is 0.508 e. The van der Waals surface area contributed by atoms with E-state index in [0.29, 0.717) is 6.61 Å². The zero-order valence-electron chi connectivity index (χ0n) is 16.9. The highest BCUT2D eigenvalue weighted by atomic mass is 32.1. The number of nitrogens with zero attached hydrogens (tertiary/aromatic N) is 3. The van der Waals surface area contributed by atoms with Crippen molar-refractivity contribution in [2.75, 3.05) is 24.6 Å². The van der Waals surface area contributed by atoms with E-state index in [9.17, 15) is 15.0 Å². The van der Waals surface area contributed by atoms with Crippen LogP contribution in [0.5, 0.6) is 5.75 Å². The minimum atomic E-state index is -0.916. The topological polar surface area (TPSA) is 86.1 Å². The smallest absolute Gasteiger partial charge is 0.408 e. The first-order chi connectivity index (χ1) is 13.1. The standard InChI is InChI=1S/C20H29N3O4S/c1-13(23(19(25)26)20(2,3)4)12-27-15-7-9-22(10-8-15)18-21-16-6-5-14(24)11-17(16)28-18/h5-6,11,13,15,24H,7-10,12H2,1-4H3,(H,25,26)/t13-/m0/s1. The molecule has 1 aromatic carbocycles. The number of thiazole rings is 1. The first kappa shape index (κ1) is 20.7. The van der Waals surface area contributed by atoms with Crippen LogP contribution in [0.1, 0.15) is 40.5 Å². The van der Waals surface area contributed by atoms with E-state index in [0.717, 1.165) is 41.3 Å². The Morgan fingerprint density at radius 3 is 2.68 bits per heavy atom. The molecule has 0 bridgehead atoms. The minimum Gasteiger partial charge on any atom is -0.508 e. The summed E-state index contributed by atoms with van der Waals surface area (Å²) in [5.74, 6) is 0.259. The summed E-state index contributed by atoms with van der Waals surface area (Å²) in [5, 5.41) is 20.1. The van der Waals surface area contributed by atoms with Gasteiger partial charge in [0.05, 0.1) is 29.0 Å². The molecule has 0 unspecified atom stereocenters. The third-order valence-electron chi connectivity index (χ3n) is 5.02. The van der Waals surface area contributed by atoms with Crippen molar-refractivity contribution in [3.8, 4) is 5.75 Å². The lowest BCUT2D eigenvalue weighted by Gasteiger charge is -2.39. The highest BCUT2D eigenvalue weighted by Gasteiger charge is 2.31. The Morgan fingerprint density at radius 1 is 1.39 bits per heavy atom. The Hall–Kier alpha value is -2.06. The van der Waals surface area contributed by atoms with Crippen LogP contribution in [0.15, 0.2) is 18.2 Å². The van der Waals surface area contributed by atoms with E-state index >= 15 is 0 Å². The molecule has 1 fully saturated rings. The van der Waals surface area contributed by atoms with Gasteiger partial charge in [0, 0.05) is 18.6 Å². The van der Waals surface area contributed by atoms with E-state index in [1.165, 1.54) is 4.90 Å². The van der Waals surface area contributed by atoms with Crippen LogP contribution in [0.2, 0.25) is 0 Å². The summed E-state index contributed by atoms with van der Waals surface area (Å²) in [7, 11) is 0. The van der Waals surface area contributed by atoms with Crippen LogP contribution in [-0.4, -0.2) is 63.6 Å². The Bertz CT molecular complexity index is 824. The number of aromatic nitrogens is 1. The van der Waals surface area contributed by atoms with Crippen molar-refractivity contribution in [3.63, 3.8) is 0 Å². The summed E-state index contributed by atoms with van der Waals surface area (Å²) in [4.78, 5) is 20.0. The quantitative estimate of drug-likeness (QED) is 0.774. The lowest BCUT2D eigenvalue weighted by atomic mass is 10.0. The highest BCUT2D eigenvalue weighted by Crippen LogP contribution is 2.32. The third kappa shape index (κ3) is 4.67. The molecule has 0 radical (unpaired) electrons. The molecule has 0 spiro atoms. The van der Waals surface area contributed by atoms with Gasteiger partial charge in [0.15, 0.2) is 5.13 Å². The fourth-order valence-electron chi connectivity index (χ4n) is 3.74. The number of ether oxygens (including phenoxy) is 1. The van der Waals surface area contributed by atoms with Crippen molar-refractivity contribution in [2.24, 2.45) is 0 Å². The number of anilines is 1. The average Bonchev–Trinajstić information content (AvgIpc) is 3.02. The number of piperidine rings is 1. The van der Waals surface area contributed by atoms with Gasteiger partial charge in [0.2, 0.25) is 0 Å². The molecule has 1 amide bonds. The molecule has 2 aromatic rings. The van der Waals surface area contributed by atoms with E-state index in [2.05, 4.69) is 9.88 Å². The number of hydrogen-bond acceptors (Lipinski definition) is 6. The van der Waals surface area contributed by atoms with Crippen molar-refractivity contribution in [3.05, 3.63) is 18.2 Å². The number of rotatable bonds is 5. The molecular weight excluding hydrogens is 378 g/mol. The van der Waals surface area contributed by atoms with E-state index in [1.807, 2.05) is 33.8 Å². The van der Waals surface area contributed by atoms with Gasteiger partial charge in [-0.1, -0.05) is 11.3 Å². The number of aromatic hydroxyl groups is 1. The van der Waals surface area contributed by atoms with E-state index in [1.54, 1.807) is 23.5 Å².